The van der Waals surface area contributed by atoms with E-state index in [1.807, 2.05) is 31.4 Å². The maximum absolute atomic E-state index is 13.5. The fourth-order valence-corrected chi connectivity index (χ4v) is 4.57. The average molecular weight is 462 g/mol. The van der Waals surface area contributed by atoms with Crippen molar-refractivity contribution in [2.45, 2.75) is 38.3 Å². The van der Waals surface area contributed by atoms with Crippen LogP contribution in [0.2, 0.25) is 0 Å². The number of aliphatic imine (C=N–C) groups is 1. The zero-order valence-corrected chi connectivity index (χ0v) is 19.4. The van der Waals surface area contributed by atoms with Crippen LogP contribution in [0.15, 0.2) is 44.8 Å². The highest BCUT2D eigenvalue weighted by Crippen LogP contribution is 2.35. The topological polar surface area (TPSA) is 126 Å². The second-order valence-corrected chi connectivity index (χ2v) is 8.40. The minimum atomic E-state index is -0.374. The Morgan fingerprint density at radius 2 is 2.15 bits per heavy atom. The number of hydrogen-bond acceptors (Lipinski definition) is 8. The highest BCUT2D eigenvalue weighted by Gasteiger charge is 2.29. The second-order valence-electron chi connectivity index (χ2n) is 8.40. The SMILES string of the molecule is CC[C@H]1C[C@@H](n2c(=O)nc(C(C=NC)=CN)c3oc4ccc(-c5ccn(C)n5)nc4c32)CCO1. The minimum Gasteiger partial charge on any atom is -0.450 e. The van der Waals surface area contributed by atoms with E-state index < -0.39 is 0 Å². The summed E-state index contributed by atoms with van der Waals surface area (Å²) in [6.07, 6.45) is 7.18. The first-order valence-corrected chi connectivity index (χ1v) is 11.4. The molecule has 2 N–H and O–H groups in total. The fourth-order valence-electron chi connectivity index (χ4n) is 4.57. The molecule has 10 nitrogen and oxygen atoms in total. The summed E-state index contributed by atoms with van der Waals surface area (Å²) >= 11 is 0. The highest BCUT2D eigenvalue weighted by atomic mass is 16.5. The van der Waals surface area contributed by atoms with Gasteiger partial charge < -0.3 is 14.9 Å². The van der Waals surface area contributed by atoms with Gasteiger partial charge in [0.1, 0.15) is 22.4 Å². The predicted molar refractivity (Wildman–Crippen MR) is 131 cm³/mol. The lowest BCUT2D eigenvalue weighted by molar-refractivity contribution is -0.00711. The summed E-state index contributed by atoms with van der Waals surface area (Å²) < 4.78 is 15.6. The van der Waals surface area contributed by atoms with Crippen molar-refractivity contribution >= 4 is 34.0 Å². The van der Waals surface area contributed by atoms with Crippen molar-refractivity contribution in [1.82, 2.24) is 24.3 Å². The fraction of sp³-hybridized carbons (Fsp3) is 0.375. The predicted octanol–water partition coefficient (Wildman–Crippen LogP) is 3.07. The third-order valence-electron chi connectivity index (χ3n) is 6.24. The number of rotatable bonds is 5. The lowest BCUT2D eigenvalue weighted by Gasteiger charge is -2.30. The Balaban J connectivity index is 1.82. The van der Waals surface area contributed by atoms with Gasteiger partial charge >= 0.3 is 5.69 Å². The van der Waals surface area contributed by atoms with Gasteiger partial charge in [-0.05, 0) is 37.5 Å². The summed E-state index contributed by atoms with van der Waals surface area (Å²) in [5.41, 5.74) is 9.96. The normalized spacial score (nSPS) is 19.6. The van der Waals surface area contributed by atoms with E-state index in [4.69, 9.17) is 19.9 Å². The Labute approximate surface area is 195 Å². The largest absolute Gasteiger partial charge is 0.450 e. The van der Waals surface area contributed by atoms with Crippen LogP contribution in [-0.4, -0.2) is 50.3 Å². The molecule has 1 aliphatic rings. The first-order chi connectivity index (χ1) is 16.5. The Bertz CT molecular complexity index is 1480. The maximum Gasteiger partial charge on any atom is 0.349 e. The van der Waals surface area contributed by atoms with Gasteiger partial charge in [0.25, 0.3) is 0 Å². The molecule has 176 valence electrons. The smallest absolute Gasteiger partial charge is 0.349 e. The third-order valence-corrected chi connectivity index (χ3v) is 6.24. The van der Waals surface area contributed by atoms with E-state index in [2.05, 4.69) is 22.0 Å². The van der Waals surface area contributed by atoms with Gasteiger partial charge in [0, 0.05) is 50.9 Å². The zero-order valence-electron chi connectivity index (χ0n) is 19.4. The molecule has 0 unspecified atom stereocenters. The van der Waals surface area contributed by atoms with Crippen LogP contribution >= 0.6 is 0 Å². The van der Waals surface area contributed by atoms with Crippen LogP contribution in [0.25, 0.3) is 39.2 Å². The Morgan fingerprint density at radius 1 is 1.29 bits per heavy atom. The average Bonchev–Trinajstić information content (AvgIpc) is 3.45. The maximum atomic E-state index is 13.5. The van der Waals surface area contributed by atoms with Crippen molar-refractivity contribution in [1.29, 1.82) is 0 Å². The number of furan rings is 1. The molecule has 0 spiro atoms. The number of aryl methyl sites for hydroxylation is 1. The van der Waals surface area contributed by atoms with Gasteiger partial charge in [0.05, 0.1) is 11.8 Å². The number of pyridine rings is 1. The molecular weight excluding hydrogens is 434 g/mol. The quantitative estimate of drug-likeness (QED) is 0.453. The van der Waals surface area contributed by atoms with E-state index in [0.29, 0.717) is 52.2 Å². The summed E-state index contributed by atoms with van der Waals surface area (Å²) in [5.74, 6) is 0. The minimum absolute atomic E-state index is 0.0819. The number of hydrogen-bond donors (Lipinski definition) is 1. The Hall–Kier alpha value is -3.79. The number of ether oxygens (including phenoxy) is 1. The molecule has 4 aromatic rings. The highest BCUT2D eigenvalue weighted by molar-refractivity contribution is 6.14. The lowest BCUT2D eigenvalue weighted by Crippen LogP contribution is -2.34. The van der Waals surface area contributed by atoms with Crippen molar-refractivity contribution in [3.63, 3.8) is 0 Å². The van der Waals surface area contributed by atoms with Crippen molar-refractivity contribution in [2.75, 3.05) is 13.7 Å². The molecular formula is C24H27N7O3. The van der Waals surface area contributed by atoms with Crippen LogP contribution in [0, 0.1) is 0 Å². The molecule has 0 radical (unpaired) electrons. The number of nitrogens with zero attached hydrogens (tertiary/aromatic N) is 6. The van der Waals surface area contributed by atoms with Gasteiger partial charge in [-0.3, -0.25) is 14.2 Å². The molecule has 34 heavy (non-hydrogen) atoms. The number of fused-ring (bicyclic) bond motifs is 3. The molecule has 0 amide bonds. The lowest BCUT2D eigenvalue weighted by atomic mass is 10.0. The second kappa shape index (κ2) is 8.86. The van der Waals surface area contributed by atoms with E-state index in [1.54, 1.807) is 22.5 Å². The van der Waals surface area contributed by atoms with Crippen molar-refractivity contribution in [3.05, 3.63) is 46.8 Å². The molecule has 5 rings (SSSR count). The number of aromatic nitrogens is 5. The van der Waals surface area contributed by atoms with Crippen LogP contribution in [0.5, 0.6) is 0 Å². The van der Waals surface area contributed by atoms with Crippen molar-refractivity contribution in [2.24, 2.45) is 17.8 Å². The van der Waals surface area contributed by atoms with Crippen LogP contribution in [0.4, 0.5) is 0 Å². The van der Waals surface area contributed by atoms with E-state index in [9.17, 15) is 4.79 Å². The van der Waals surface area contributed by atoms with Gasteiger partial charge in [-0.2, -0.15) is 10.1 Å². The van der Waals surface area contributed by atoms with Gasteiger partial charge in [0.2, 0.25) is 0 Å². The van der Waals surface area contributed by atoms with Gasteiger partial charge in [-0.15, -0.1) is 0 Å². The van der Waals surface area contributed by atoms with E-state index in [1.165, 1.54) is 6.20 Å². The van der Waals surface area contributed by atoms with E-state index in [0.717, 1.165) is 18.5 Å². The van der Waals surface area contributed by atoms with E-state index >= 15 is 0 Å². The molecule has 4 aromatic heterocycles. The Kier molecular flexibility index (Phi) is 5.74. The zero-order chi connectivity index (χ0) is 23.8. The molecule has 1 aliphatic heterocycles. The van der Waals surface area contributed by atoms with Gasteiger partial charge in [0.15, 0.2) is 11.2 Å². The van der Waals surface area contributed by atoms with Crippen LogP contribution in [-0.2, 0) is 11.8 Å². The van der Waals surface area contributed by atoms with Crippen molar-refractivity contribution < 1.29 is 9.15 Å². The Morgan fingerprint density at radius 3 is 2.85 bits per heavy atom. The van der Waals surface area contributed by atoms with Crippen molar-refractivity contribution in [3.8, 4) is 11.4 Å². The van der Waals surface area contributed by atoms with Crippen LogP contribution in [0.1, 0.15) is 37.9 Å². The van der Waals surface area contributed by atoms with Gasteiger partial charge in [-0.25, -0.2) is 9.78 Å². The molecule has 1 fully saturated rings. The molecule has 0 aromatic carbocycles. The standard InChI is InChI=1S/C24H27N7O3/c1-4-16-11-15(8-10-33-16)31-22-21-19(6-5-17(27-21)18-7-9-30(3)29-18)34-23(22)20(28-24(31)32)14(12-25)13-26-2/h5-7,9,12-13,15-16H,4,8,10-11,25H2,1-3H3/t15-,16-/m0/s1. The molecule has 5 heterocycles. The third kappa shape index (κ3) is 3.69. The van der Waals surface area contributed by atoms with Crippen LogP contribution in [0.3, 0.4) is 0 Å². The summed E-state index contributed by atoms with van der Waals surface area (Å²) in [6.45, 7) is 2.67. The monoisotopic (exact) mass is 461 g/mol. The summed E-state index contributed by atoms with van der Waals surface area (Å²) in [6, 6.07) is 5.52. The van der Waals surface area contributed by atoms with Gasteiger partial charge in [-0.1, -0.05) is 6.92 Å². The van der Waals surface area contributed by atoms with E-state index in [-0.39, 0.29) is 17.8 Å². The molecule has 2 atom stereocenters. The summed E-state index contributed by atoms with van der Waals surface area (Å²) in [5, 5.41) is 4.47. The molecule has 0 aliphatic carbocycles. The number of allylic oxidation sites excluding steroid dienone is 1. The number of nitrogens with two attached hydrogens (primary N) is 1. The molecule has 10 heteroatoms. The molecule has 0 bridgehead atoms. The van der Waals surface area contributed by atoms with Crippen LogP contribution < -0.4 is 11.4 Å². The first-order valence-electron chi connectivity index (χ1n) is 11.4. The summed E-state index contributed by atoms with van der Waals surface area (Å²) in [4.78, 5) is 26.8. The first kappa shape index (κ1) is 22.0. The summed E-state index contributed by atoms with van der Waals surface area (Å²) in [7, 11) is 3.49. The molecule has 1 saturated heterocycles. The molecule has 0 saturated carbocycles.